The predicted octanol–water partition coefficient (Wildman–Crippen LogP) is 3.11. The Bertz CT molecular complexity index is 959. The largest absolute Gasteiger partial charge is 0.493 e. The van der Waals surface area contributed by atoms with Gasteiger partial charge in [-0.1, -0.05) is 24.3 Å². The molecule has 2 aromatic rings. The summed E-state index contributed by atoms with van der Waals surface area (Å²) in [6.07, 6.45) is 1.84. The van der Waals surface area contributed by atoms with Crippen molar-refractivity contribution in [2.45, 2.75) is 25.3 Å². The van der Waals surface area contributed by atoms with Gasteiger partial charge in [0.1, 0.15) is 5.82 Å². The summed E-state index contributed by atoms with van der Waals surface area (Å²) in [5, 5.41) is 2.96. The molecule has 2 aromatic carbocycles. The molecule has 2 unspecified atom stereocenters. The van der Waals surface area contributed by atoms with E-state index in [1.807, 2.05) is 23.1 Å². The van der Waals surface area contributed by atoms with Gasteiger partial charge in [-0.25, -0.2) is 4.39 Å². The third kappa shape index (κ3) is 4.50. The van der Waals surface area contributed by atoms with Crippen LogP contribution in [0.2, 0.25) is 0 Å². The molecule has 6 nitrogen and oxygen atoms in total. The standard InChI is InChI=1S/C24H27FN2O4/c1-30-21-5-3-4-18(22(21)31-2)19-13-27(24(29)16-8-9-16)14-20(19)23(28)26-12-15-6-10-17(25)11-7-15/h3-7,10-11,16,19-20H,8-9,12-14H2,1-2H3,(H,26,28). The average Bonchev–Trinajstić information content (AvgIpc) is 3.55. The molecule has 2 amide bonds. The van der Waals surface area contributed by atoms with Gasteiger partial charge in [0.15, 0.2) is 11.5 Å². The third-order valence-corrected chi connectivity index (χ3v) is 6.11. The van der Waals surface area contributed by atoms with Crippen molar-refractivity contribution in [1.82, 2.24) is 10.2 Å². The minimum Gasteiger partial charge on any atom is -0.493 e. The second-order valence-corrected chi connectivity index (χ2v) is 8.16. The second-order valence-electron chi connectivity index (χ2n) is 8.16. The number of carbonyl (C=O) groups is 2. The van der Waals surface area contributed by atoms with E-state index in [1.165, 1.54) is 12.1 Å². The summed E-state index contributed by atoms with van der Waals surface area (Å²) < 4.78 is 24.2. The fraction of sp³-hybridized carbons (Fsp3) is 0.417. The Balaban J connectivity index is 1.57. The quantitative estimate of drug-likeness (QED) is 0.739. The maximum absolute atomic E-state index is 13.2. The van der Waals surface area contributed by atoms with Gasteiger partial charge in [0.25, 0.3) is 0 Å². The molecule has 2 fully saturated rings. The molecule has 0 spiro atoms. The van der Waals surface area contributed by atoms with E-state index in [0.29, 0.717) is 31.1 Å². The van der Waals surface area contributed by atoms with Crippen LogP contribution in [-0.2, 0) is 16.1 Å². The molecule has 1 saturated heterocycles. The second kappa shape index (κ2) is 8.96. The minimum absolute atomic E-state index is 0.0916. The molecule has 2 aliphatic rings. The number of methoxy groups -OCH3 is 2. The molecule has 0 aromatic heterocycles. The Labute approximate surface area is 181 Å². The Morgan fingerprint density at radius 2 is 1.81 bits per heavy atom. The van der Waals surface area contributed by atoms with E-state index in [1.54, 1.807) is 26.4 Å². The molecular weight excluding hydrogens is 399 g/mol. The molecule has 1 aliphatic heterocycles. The van der Waals surface area contributed by atoms with Crippen LogP contribution in [0.25, 0.3) is 0 Å². The lowest BCUT2D eigenvalue weighted by Crippen LogP contribution is -2.35. The number of ether oxygens (including phenoxy) is 2. The first-order valence-corrected chi connectivity index (χ1v) is 10.5. The van der Waals surface area contributed by atoms with Gasteiger partial charge >= 0.3 is 0 Å². The van der Waals surface area contributed by atoms with Crippen LogP contribution in [0, 0.1) is 17.7 Å². The number of halogens is 1. The smallest absolute Gasteiger partial charge is 0.225 e. The Morgan fingerprint density at radius 1 is 1.06 bits per heavy atom. The van der Waals surface area contributed by atoms with Gasteiger partial charge in [-0.05, 0) is 36.6 Å². The van der Waals surface area contributed by atoms with Crippen LogP contribution in [0.1, 0.15) is 29.9 Å². The first-order valence-electron chi connectivity index (χ1n) is 10.5. The van der Waals surface area contributed by atoms with Crippen molar-refractivity contribution in [1.29, 1.82) is 0 Å². The Hall–Kier alpha value is -3.09. The lowest BCUT2D eigenvalue weighted by molar-refractivity contribution is -0.132. The molecule has 1 N–H and O–H groups in total. The van der Waals surface area contributed by atoms with Crippen LogP contribution in [-0.4, -0.2) is 44.0 Å². The van der Waals surface area contributed by atoms with Gasteiger partial charge in [0.2, 0.25) is 11.8 Å². The van der Waals surface area contributed by atoms with Crippen molar-refractivity contribution < 1.29 is 23.5 Å². The maximum atomic E-state index is 13.2. The van der Waals surface area contributed by atoms with Crippen molar-refractivity contribution >= 4 is 11.8 Å². The first-order chi connectivity index (χ1) is 15.0. The zero-order valence-electron chi connectivity index (χ0n) is 17.8. The minimum atomic E-state index is -0.413. The zero-order valence-corrected chi connectivity index (χ0v) is 17.8. The van der Waals surface area contributed by atoms with Crippen molar-refractivity contribution in [3.63, 3.8) is 0 Å². The number of carbonyl (C=O) groups excluding carboxylic acids is 2. The summed E-state index contributed by atoms with van der Waals surface area (Å²) >= 11 is 0. The van der Waals surface area contributed by atoms with Crippen LogP contribution in [0.15, 0.2) is 42.5 Å². The molecule has 4 rings (SSSR count). The number of rotatable bonds is 7. The highest BCUT2D eigenvalue weighted by molar-refractivity contribution is 5.85. The summed E-state index contributed by atoms with van der Waals surface area (Å²) in [5.74, 6) is 0.333. The summed E-state index contributed by atoms with van der Waals surface area (Å²) in [7, 11) is 3.15. The summed E-state index contributed by atoms with van der Waals surface area (Å²) in [4.78, 5) is 27.7. The van der Waals surface area contributed by atoms with E-state index < -0.39 is 5.92 Å². The van der Waals surface area contributed by atoms with Crippen molar-refractivity contribution in [3.05, 3.63) is 59.4 Å². The number of amides is 2. The topological polar surface area (TPSA) is 67.9 Å². The highest BCUT2D eigenvalue weighted by Gasteiger charge is 2.44. The zero-order chi connectivity index (χ0) is 22.0. The maximum Gasteiger partial charge on any atom is 0.225 e. The van der Waals surface area contributed by atoms with Gasteiger partial charge in [-0.15, -0.1) is 0 Å². The average molecular weight is 426 g/mol. The molecule has 2 atom stereocenters. The fourth-order valence-electron chi connectivity index (χ4n) is 4.28. The van der Waals surface area contributed by atoms with Crippen molar-refractivity contribution in [2.75, 3.05) is 27.3 Å². The predicted molar refractivity (Wildman–Crippen MR) is 113 cm³/mol. The number of nitrogens with zero attached hydrogens (tertiary/aromatic N) is 1. The molecular formula is C24H27FN2O4. The van der Waals surface area contributed by atoms with Gasteiger partial charge in [-0.2, -0.15) is 0 Å². The number of hydrogen-bond acceptors (Lipinski definition) is 4. The molecule has 7 heteroatoms. The van der Waals surface area contributed by atoms with E-state index in [2.05, 4.69) is 5.32 Å². The van der Waals surface area contributed by atoms with Crippen LogP contribution < -0.4 is 14.8 Å². The van der Waals surface area contributed by atoms with E-state index in [-0.39, 0.29) is 29.5 Å². The lowest BCUT2D eigenvalue weighted by atomic mass is 9.87. The normalized spacial score (nSPS) is 20.4. The SMILES string of the molecule is COc1cccc(C2CN(C(=O)C3CC3)CC2C(=O)NCc2ccc(F)cc2)c1OC. The fourth-order valence-corrected chi connectivity index (χ4v) is 4.28. The van der Waals surface area contributed by atoms with E-state index >= 15 is 0 Å². The molecule has 0 radical (unpaired) electrons. The molecule has 1 aliphatic carbocycles. The number of para-hydroxylation sites is 1. The summed E-state index contributed by atoms with van der Waals surface area (Å²) in [5.41, 5.74) is 1.67. The highest BCUT2D eigenvalue weighted by atomic mass is 19.1. The summed E-state index contributed by atoms with van der Waals surface area (Å²) in [6, 6.07) is 11.7. The first kappa shape index (κ1) is 21.2. The molecule has 31 heavy (non-hydrogen) atoms. The molecule has 1 heterocycles. The van der Waals surface area contributed by atoms with Crippen LogP contribution >= 0.6 is 0 Å². The van der Waals surface area contributed by atoms with Crippen LogP contribution in [0.5, 0.6) is 11.5 Å². The monoisotopic (exact) mass is 426 g/mol. The third-order valence-electron chi connectivity index (χ3n) is 6.11. The number of benzene rings is 2. The van der Waals surface area contributed by atoms with Crippen molar-refractivity contribution in [3.8, 4) is 11.5 Å². The van der Waals surface area contributed by atoms with Crippen molar-refractivity contribution in [2.24, 2.45) is 11.8 Å². The molecule has 1 saturated carbocycles. The summed E-state index contributed by atoms with van der Waals surface area (Å²) in [6.45, 7) is 1.14. The van der Waals surface area contributed by atoms with E-state index in [9.17, 15) is 14.0 Å². The molecule has 0 bridgehead atoms. The number of likely N-dealkylation sites (tertiary alicyclic amines) is 1. The van der Waals surface area contributed by atoms with Crippen LogP contribution in [0.3, 0.4) is 0 Å². The Morgan fingerprint density at radius 3 is 2.45 bits per heavy atom. The van der Waals surface area contributed by atoms with E-state index in [4.69, 9.17) is 9.47 Å². The number of nitrogens with one attached hydrogen (secondary N) is 1. The van der Waals surface area contributed by atoms with Gasteiger partial charge in [0.05, 0.1) is 20.1 Å². The van der Waals surface area contributed by atoms with Gasteiger partial charge in [0, 0.05) is 37.0 Å². The molecule has 164 valence electrons. The highest BCUT2D eigenvalue weighted by Crippen LogP contribution is 2.43. The van der Waals surface area contributed by atoms with E-state index in [0.717, 1.165) is 24.0 Å². The van der Waals surface area contributed by atoms with Gasteiger partial charge < -0.3 is 19.7 Å². The number of hydrogen-bond donors (Lipinski definition) is 1. The van der Waals surface area contributed by atoms with Gasteiger partial charge in [-0.3, -0.25) is 9.59 Å². The lowest BCUT2D eigenvalue weighted by Gasteiger charge is -2.21. The Kier molecular flexibility index (Phi) is 6.11. The van der Waals surface area contributed by atoms with Crippen LogP contribution in [0.4, 0.5) is 4.39 Å².